The number of halogens is 3. The minimum absolute atomic E-state index is 0.0114. The topological polar surface area (TPSA) is 63.2 Å². The van der Waals surface area contributed by atoms with Crippen LogP contribution < -0.4 is 5.32 Å². The van der Waals surface area contributed by atoms with Gasteiger partial charge in [-0.3, -0.25) is 4.79 Å². The third-order valence-electron chi connectivity index (χ3n) is 3.88. The van der Waals surface area contributed by atoms with Gasteiger partial charge in [0.1, 0.15) is 4.21 Å². The van der Waals surface area contributed by atoms with E-state index in [1.54, 1.807) is 12.1 Å². The highest BCUT2D eigenvalue weighted by Gasteiger charge is 2.33. The summed E-state index contributed by atoms with van der Waals surface area (Å²) >= 11 is 0.698. The van der Waals surface area contributed by atoms with E-state index in [-0.39, 0.29) is 14.0 Å². The molecule has 28 heavy (non-hydrogen) atoms. The Hall–Kier alpha value is -2.65. The Morgan fingerprint density at radius 3 is 2.25 bits per heavy atom. The number of hydrogen-bond acceptors (Lipinski definition) is 4. The Morgan fingerprint density at radius 2 is 1.61 bits per heavy atom. The number of carbonyl (C=O) groups is 1. The number of sulfone groups is 1. The number of amides is 1. The Bertz CT molecular complexity index is 1120. The molecule has 3 rings (SSSR count). The Kier molecular flexibility index (Phi) is 5.31. The van der Waals surface area contributed by atoms with E-state index in [0.29, 0.717) is 11.3 Å². The number of nitrogens with one attached hydrogen (secondary N) is 1. The molecule has 0 radical (unpaired) electrons. The van der Waals surface area contributed by atoms with Crippen molar-refractivity contribution in [2.24, 2.45) is 0 Å². The summed E-state index contributed by atoms with van der Waals surface area (Å²) < 4.78 is 64.4. The third kappa shape index (κ3) is 4.10. The molecule has 4 nitrogen and oxygen atoms in total. The van der Waals surface area contributed by atoms with Gasteiger partial charge in [-0.1, -0.05) is 29.8 Å². The number of aryl methyl sites for hydroxylation is 1. The first-order chi connectivity index (χ1) is 13.1. The van der Waals surface area contributed by atoms with Crippen LogP contribution in [-0.4, -0.2) is 14.3 Å². The van der Waals surface area contributed by atoms with E-state index >= 15 is 0 Å². The van der Waals surface area contributed by atoms with Gasteiger partial charge in [0, 0.05) is 0 Å². The summed E-state index contributed by atoms with van der Waals surface area (Å²) in [5, 5.41) is 2.20. The maximum absolute atomic E-state index is 13.0. The van der Waals surface area contributed by atoms with Gasteiger partial charge in [0.05, 0.1) is 21.0 Å². The van der Waals surface area contributed by atoms with Crippen molar-refractivity contribution in [2.45, 2.75) is 22.2 Å². The van der Waals surface area contributed by atoms with E-state index in [4.69, 9.17) is 0 Å². The highest BCUT2D eigenvalue weighted by molar-refractivity contribution is 7.93. The molecule has 1 heterocycles. The minimum Gasteiger partial charge on any atom is -0.321 e. The minimum atomic E-state index is -4.63. The summed E-state index contributed by atoms with van der Waals surface area (Å²) in [7, 11) is -3.81. The van der Waals surface area contributed by atoms with Crippen molar-refractivity contribution in [1.29, 1.82) is 0 Å². The Morgan fingerprint density at radius 1 is 0.964 bits per heavy atom. The molecule has 0 saturated heterocycles. The second-order valence-electron chi connectivity index (χ2n) is 5.93. The van der Waals surface area contributed by atoms with Gasteiger partial charge >= 0.3 is 6.18 Å². The van der Waals surface area contributed by atoms with Gasteiger partial charge in [0.15, 0.2) is 0 Å². The monoisotopic (exact) mass is 425 g/mol. The van der Waals surface area contributed by atoms with E-state index in [0.717, 1.165) is 17.7 Å². The summed E-state index contributed by atoms with van der Waals surface area (Å²) in [6.07, 6.45) is -4.63. The average molecular weight is 425 g/mol. The van der Waals surface area contributed by atoms with Crippen molar-refractivity contribution < 1.29 is 26.4 Å². The van der Waals surface area contributed by atoms with Crippen LogP contribution >= 0.6 is 11.3 Å². The fraction of sp³-hybridized carbons (Fsp3) is 0.105. The maximum Gasteiger partial charge on any atom is 0.418 e. The largest absolute Gasteiger partial charge is 0.418 e. The number of thiophene rings is 1. The van der Waals surface area contributed by atoms with Crippen molar-refractivity contribution in [3.63, 3.8) is 0 Å². The third-order valence-corrected chi connectivity index (χ3v) is 7.23. The molecule has 1 N–H and O–H groups in total. The summed E-state index contributed by atoms with van der Waals surface area (Å²) in [5.74, 6) is -0.813. The molecule has 0 aliphatic heterocycles. The lowest BCUT2D eigenvalue weighted by atomic mass is 10.1. The van der Waals surface area contributed by atoms with E-state index in [1.807, 2.05) is 6.92 Å². The molecule has 146 valence electrons. The lowest BCUT2D eigenvalue weighted by Crippen LogP contribution is -2.15. The van der Waals surface area contributed by atoms with Crippen LogP contribution in [0.5, 0.6) is 0 Å². The van der Waals surface area contributed by atoms with Crippen LogP contribution in [0.3, 0.4) is 0 Å². The molecule has 3 aromatic rings. The van der Waals surface area contributed by atoms with Crippen LogP contribution in [0.2, 0.25) is 0 Å². The lowest BCUT2D eigenvalue weighted by molar-refractivity contribution is -0.136. The molecule has 0 atom stereocenters. The number of benzene rings is 2. The fourth-order valence-corrected chi connectivity index (χ4v) is 5.05. The number of anilines is 1. The molecule has 0 aliphatic rings. The molecule has 0 aliphatic carbocycles. The van der Waals surface area contributed by atoms with Gasteiger partial charge in [-0.05, 0) is 43.3 Å². The van der Waals surface area contributed by atoms with Gasteiger partial charge in [-0.2, -0.15) is 13.2 Å². The van der Waals surface area contributed by atoms with Crippen LogP contribution in [0.1, 0.15) is 20.8 Å². The second-order valence-corrected chi connectivity index (χ2v) is 9.19. The zero-order chi connectivity index (χ0) is 20.5. The molecule has 0 saturated carbocycles. The van der Waals surface area contributed by atoms with Crippen LogP contribution in [-0.2, 0) is 16.0 Å². The second kappa shape index (κ2) is 7.40. The first kappa shape index (κ1) is 20.1. The molecule has 0 bridgehead atoms. The van der Waals surface area contributed by atoms with E-state index in [2.05, 4.69) is 5.32 Å². The van der Waals surface area contributed by atoms with Crippen LogP contribution in [0, 0.1) is 6.92 Å². The molecule has 2 aromatic carbocycles. The molecule has 0 fully saturated rings. The normalized spacial score (nSPS) is 12.0. The first-order valence-electron chi connectivity index (χ1n) is 7.98. The number of alkyl halides is 3. The zero-order valence-corrected chi connectivity index (χ0v) is 16.1. The zero-order valence-electron chi connectivity index (χ0n) is 14.4. The van der Waals surface area contributed by atoms with Crippen molar-refractivity contribution in [3.8, 4) is 0 Å². The number of para-hydroxylation sites is 1. The molecule has 0 spiro atoms. The van der Waals surface area contributed by atoms with Crippen molar-refractivity contribution in [2.75, 3.05) is 5.32 Å². The quantitative estimate of drug-likeness (QED) is 0.628. The van der Waals surface area contributed by atoms with Gasteiger partial charge in [0.25, 0.3) is 5.91 Å². The van der Waals surface area contributed by atoms with E-state index in [1.165, 1.54) is 36.4 Å². The number of rotatable bonds is 4. The Balaban J connectivity index is 1.87. The van der Waals surface area contributed by atoms with Crippen molar-refractivity contribution >= 4 is 32.8 Å². The standard InChI is InChI=1S/C19H14F3NO3S2/c1-12-6-8-13(9-7-12)28(25,26)17-11-10-16(27-17)18(24)23-15-5-3-2-4-14(15)19(20,21)22/h2-11H,1H3,(H,23,24). The molecule has 0 unspecified atom stereocenters. The molecule has 1 aromatic heterocycles. The van der Waals surface area contributed by atoms with Gasteiger partial charge in [-0.25, -0.2) is 8.42 Å². The van der Waals surface area contributed by atoms with E-state index in [9.17, 15) is 26.4 Å². The number of carbonyl (C=O) groups excluding carboxylic acids is 1. The van der Waals surface area contributed by atoms with Crippen molar-refractivity contribution in [1.82, 2.24) is 0 Å². The lowest BCUT2D eigenvalue weighted by Gasteiger charge is -2.12. The highest BCUT2D eigenvalue weighted by atomic mass is 32.2. The number of hydrogen-bond donors (Lipinski definition) is 1. The Labute approximate surface area is 163 Å². The van der Waals surface area contributed by atoms with Gasteiger partial charge in [-0.15, -0.1) is 11.3 Å². The molecular formula is C19H14F3NO3S2. The summed E-state index contributed by atoms with van der Waals surface area (Å²) in [6, 6.07) is 13.4. The fourth-order valence-electron chi connectivity index (χ4n) is 2.44. The van der Waals surface area contributed by atoms with Crippen LogP contribution in [0.25, 0.3) is 0 Å². The van der Waals surface area contributed by atoms with Crippen LogP contribution in [0.15, 0.2) is 69.8 Å². The first-order valence-corrected chi connectivity index (χ1v) is 10.3. The summed E-state index contributed by atoms with van der Waals surface area (Å²) in [4.78, 5) is 12.4. The smallest absolute Gasteiger partial charge is 0.321 e. The van der Waals surface area contributed by atoms with Crippen LogP contribution in [0.4, 0.5) is 18.9 Å². The maximum atomic E-state index is 13.0. The van der Waals surface area contributed by atoms with Gasteiger partial charge in [0.2, 0.25) is 9.84 Å². The SMILES string of the molecule is Cc1ccc(S(=O)(=O)c2ccc(C(=O)Nc3ccccc3C(F)(F)F)s2)cc1. The van der Waals surface area contributed by atoms with E-state index < -0.39 is 33.2 Å². The summed E-state index contributed by atoms with van der Waals surface area (Å²) in [6.45, 7) is 1.82. The highest BCUT2D eigenvalue weighted by Crippen LogP contribution is 2.35. The molecular weight excluding hydrogens is 411 g/mol. The average Bonchev–Trinajstić information content (AvgIpc) is 3.13. The predicted molar refractivity (Wildman–Crippen MR) is 100 cm³/mol. The summed E-state index contributed by atoms with van der Waals surface area (Å²) in [5.41, 5.74) is -0.475. The predicted octanol–water partition coefficient (Wildman–Crippen LogP) is 5.16. The molecule has 9 heteroatoms. The van der Waals surface area contributed by atoms with Gasteiger partial charge < -0.3 is 5.32 Å². The van der Waals surface area contributed by atoms with Crippen molar-refractivity contribution in [3.05, 3.63) is 76.7 Å². The molecule has 1 amide bonds.